The Bertz CT molecular complexity index is 533. The number of H-pyrrole nitrogens is 1. The molecule has 1 fully saturated rings. The van der Waals surface area contributed by atoms with Crippen molar-refractivity contribution in [3.63, 3.8) is 0 Å². The average molecular weight is 278 g/mol. The smallest absolute Gasteiger partial charge is 0.352 e. The van der Waals surface area contributed by atoms with Crippen molar-refractivity contribution in [3.05, 3.63) is 22.5 Å². The molecular formula is C15H22N2O3. The first-order valence-corrected chi connectivity index (χ1v) is 7.10. The van der Waals surface area contributed by atoms with Crippen molar-refractivity contribution in [2.24, 2.45) is 11.8 Å². The summed E-state index contributed by atoms with van der Waals surface area (Å²) >= 11 is 0. The third-order valence-corrected chi connectivity index (χ3v) is 4.23. The van der Waals surface area contributed by atoms with Crippen molar-refractivity contribution >= 4 is 11.9 Å². The number of carboxylic acid groups (broad SMARTS) is 1. The van der Waals surface area contributed by atoms with E-state index in [0.29, 0.717) is 29.3 Å². The van der Waals surface area contributed by atoms with E-state index in [1.165, 1.54) is 6.42 Å². The Hall–Kier alpha value is -1.78. The Labute approximate surface area is 118 Å². The highest BCUT2D eigenvalue weighted by atomic mass is 16.4. The summed E-state index contributed by atoms with van der Waals surface area (Å²) in [6.07, 6.45) is 3.55. The van der Waals surface area contributed by atoms with E-state index in [9.17, 15) is 9.59 Å². The minimum absolute atomic E-state index is 0.0992. The summed E-state index contributed by atoms with van der Waals surface area (Å²) < 4.78 is 0. The molecule has 2 unspecified atom stereocenters. The maximum atomic E-state index is 12.2. The molecule has 5 nitrogen and oxygen atoms in total. The molecule has 20 heavy (non-hydrogen) atoms. The summed E-state index contributed by atoms with van der Waals surface area (Å²) in [5.74, 6) is 0.0799. The fourth-order valence-corrected chi connectivity index (χ4v) is 3.14. The molecule has 1 aliphatic carbocycles. The number of hydrogen-bond acceptors (Lipinski definition) is 2. The van der Waals surface area contributed by atoms with Crippen LogP contribution in [0, 0.1) is 25.7 Å². The zero-order valence-corrected chi connectivity index (χ0v) is 12.2. The number of carbonyl (C=O) groups excluding carboxylic acids is 1. The number of hydrogen-bond donors (Lipinski definition) is 3. The van der Waals surface area contributed by atoms with Crippen LogP contribution in [0.25, 0.3) is 0 Å². The van der Waals surface area contributed by atoms with E-state index in [2.05, 4.69) is 17.2 Å². The maximum Gasteiger partial charge on any atom is 0.352 e. The van der Waals surface area contributed by atoms with Crippen LogP contribution in [0.2, 0.25) is 0 Å². The van der Waals surface area contributed by atoms with Gasteiger partial charge in [0.15, 0.2) is 0 Å². The fraction of sp³-hybridized carbons (Fsp3) is 0.600. The van der Waals surface area contributed by atoms with Gasteiger partial charge < -0.3 is 15.4 Å². The van der Waals surface area contributed by atoms with Crippen molar-refractivity contribution in [2.45, 2.75) is 40.0 Å². The van der Waals surface area contributed by atoms with Gasteiger partial charge in [-0.3, -0.25) is 4.79 Å². The Morgan fingerprint density at radius 2 is 2.05 bits per heavy atom. The van der Waals surface area contributed by atoms with Crippen molar-refractivity contribution in [1.82, 2.24) is 10.3 Å². The molecule has 1 amide bonds. The quantitative estimate of drug-likeness (QED) is 0.791. The van der Waals surface area contributed by atoms with Crippen molar-refractivity contribution in [3.8, 4) is 0 Å². The minimum Gasteiger partial charge on any atom is -0.477 e. The third-order valence-electron chi connectivity index (χ3n) is 4.23. The molecule has 2 rings (SSSR count). The molecule has 0 spiro atoms. The number of aryl methyl sites for hydroxylation is 1. The van der Waals surface area contributed by atoms with E-state index in [0.717, 1.165) is 18.8 Å². The van der Waals surface area contributed by atoms with E-state index >= 15 is 0 Å². The van der Waals surface area contributed by atoms with Crippen molar-refractivity contribution < 1.29 is 14.7 Å². The molecule has 1 aromatic rings. The van der Waals surface area contributed by atoms with Crippen LogP contribution in [-0.4, -0.2) is 28.5 Å². The summed E-state index contributed by atoms with van der Waals surface area (Å²) in [7, 11) is 0. The number of carbonyl (C=O) groups is 2. The lowest BCUT2D eigenvalue weighted by molar-refractivity contribution is 0.0690. The Morgan fingerprint density at radius 3 is 2.55 bits per heavy atom. The first-order valence-electron chi connectivity index (χ1n) is 7.10. The second-order valence-corrected chi connectivity index (χ2v) is 5.92. The van der Waals surface area contributed by atoms with Crippen LogP contribution in [0.15, 0.2) is 0 Å². The largest absolute Gasteiger partial charge is 0.477 e. The second kappa shape index (κ2) is 5.69. The molecule has 1 aliphatic rings. The van der Waals surface area contributed by atoms with Gasteiger partial charge in [-0.15, -0.1) is 0 Å². The zero-order valence-electron chi connectivity index (χ0n) is 12.2. The van der Waals surface area contributed by atoms with Crippen molar-refractivity contribution in [1.29, 1.82) is 0 Å². The molecule has 0 aromatic carbocycles. The van der Waals surface area contributed by atoms with Crippen LogP contribution in [0.3, 0.4) is 0 Å². The minimum atomic E-state index is -1.03. The molecule has 0 bridgehead atoms. The maximum absolute atomic E-state index is 12.2. The van der Waals surface area contributed by atoms with E-state index < -0.39 is 5.97 Å². The summed E-state index contributed by atoms with van der Waals surface area (Å²) in [6, 6.07) is 0. The standard InChI is InChI=1S/C15H22N2O3/c1-8-4-5-11(6-8)7-16-14(18)12-9(2)13(15(19)20)17-10(12)3/h8,11,17H,4-7H2,1-3H3,(H,16,18)(H,19,20). The Morgan fingerprint density at radius 1 is 1.35 bits per heavy atom. The van der Waals surface area contributed by atoms with Crippen LogP contribution >= 0.6 is 0 Å². The highest BCUT2D eigenvalue weighted by molar-refractivity contribution is 6.00. The average Bonchev–Trinajstić information content (AvgIpc) is 2.91. The lowest BCUT2D eigenvalue weighted by Gasteiger charge is -2.11. The molecule has 1 heterocycles. The predicted molar refractivity (Wildman–Crippen MR) is 76.1 cm³/mol. The number of aromatic carboxylic acids is 1. The van der Waals surface area contributed by atoms with Crippen LogP contribution in [-0.2, 0) is 0 Å². The predicted octanol–water partition coefficient (Wildman–Crippen LogP) is 2.50. The summed E-state index contributed by atoms with van der Waals surface area (Å²) in [6.45, 7) is 6.31. The van der Waals surface area contributed by atoms with E-state index in [1.807, 2.05) is 0 Å². The summed E-state index contributed by atoms with van der Waals surface area (Å²) in [5, 5.41) is 12.0. The normalized spacial score (nSPS) is 21.9. The number of amides is 1. The van der Waals surface area contributed by atoms with Crippen LogP contribution in [0.1, 0.15) is 58.3 Å². The van der Waals surface area contributed by atoms with Crippen molar-refractivity contribution in [2.75, 3.05) is 6.54 Å². The van der Waals surface area contributed by atoms with Gasteiger partial charge in [0, 0.05) is 12.2 Å². The van der Waals surface area contributed by atoms with Gasteiger partial charge in [0.1, 0.15) is 5.69 Å². The molecule has 1 saturated carbocycles. The molecule has 0 aliphatic heterocycles. The zero-order chi connectivity index (χ0) is 14.9. The molecular weight excluding hydrogens is 256 g/mol. The molecule has 5 heteroatoms. The molecule has 0 saturated heterocycles. The van der Waals surface area contributed by atoms with Gasteiger partial charge in [0.2, 0.25) is 0 Å². The monoisotopic (exact) mass is 278 g/mol. The Balaban J connectivity index is 2.04. The van der Waals surface area contributed by atoms with Gasteiger partial charge in [0.25, 0.3) is 5.91 Å². The van der Waals surface area contributed by atoms with Gasteiger partial charge in [-0.05, 0) is 44.1 Å². The summed E-state index contributed by atoms with van der Waals surface area (Å²) in [4.78, 5) is 26.1. The molecule has 110 valence electrons. The number of rotatable bonds is 4. The van der Waals surface area contributed by atoms with Gasteiger partial charge in [0.05, 0.1) is 5.56 Å². The topological polar surface area (TPSA) is 82.2 Å². The van der Waals surface area contributed by atoms with E-state index in [4.69, 9.17) is 5.11 Å². The van der Waals surface area contributed by atoms with Gasteiger partial charge in [-0.1, -0.05) is 13.3 Å². The fourth-order valence-electron chi connectivity index (χ4n) is 3.14. The van der Waals surface area contributed by atoms with Crippen LogP contribution in [0.4, 0.5) is 0 Å². The Kier molecular flexibility index (Phi) is 4.16. The molecule has 1 aromatic heterocycles. The molecule has 2 atom stereocenters. The third kappa shape index (κ3) is 2.86. The number of carboxylic acids is 1. The van der Waals surface area contributed by atoms with Gasteiger partial charge in [-0.25, -0.2) is 4.79 Å². The van der Waals surface area contributed by atoms with E-state index in [1.54, 1.807) is 13.8 Å². The first kappa shape index (κ1) is 14.6. The molecule has 0 radical (unpaired) electrons. The summed E-state index contributed by atoms with van der Waals surface area (Å²) in [5.41, 5.74) is 1.68. The number of aromatic amines is 1. The first-order chi connectivity index (χ1) is 9.40. The molecule has 3 N–H and O–H groups in total. The van der Waals surface area contributed by atoms with Crippen LogP contribution in [0.5, 0.6) is 0 Å². The number of aromatic nitrogens is 1. The van der Waals surface area contributed by atoms with Crippen LogP contribution < -0.4 is 5.32 Å². The highest BCUT2D eigenvalue weighted by Crippen LogP contribution is 2.29. The van der Waals surface area contributed by atoms with E-state index in [-0.39, 0.29) is 11.6 Å². The van der Waals surface area contributed by atoms with Gasteiger partial charge >= 0.3 is 5.97 Å². The second-order valence-electron chi connectivity index (χ2n) is 5.92. The highest BCUT2D eigenvalue weighted by Gasteiger charge is 2.24. The van der Waals surface area contributed by atoms with Gasteiger partial charge in [-0.2, -0.15) is 0 Å². The lowest BCUT2D eigenvalue weighted by Crippen LogP contribution is -2.29. The number of nitrogens with one attached hydrogen (secondary N) is 2. The lowest BCUT2D eigenvalue weighted by atomic mass is 10.1. The SMILES string of the molecule is Cc1[nH]c(C(=O)O)c(C)c1C(=O)NCC1CCC(C)C1.